The van der Waals surface area contributed by atoms with Gasteiger partial charge in [-0.2, -0.15) is 0 Å². The van der Waals surface area contributed by atoms with Crippen molar-refractivity contribution >= 4 is 5.97 Å². The van der Waals surface area contributed by atoms with Gasteiger partial charge in [-0.1, -0.05) is 6.92 Å². The molecule has 0 aliphatic carbocycles. The van der Waals surface area contributed by atoms with Gasteiger partial charge in [-0.05, 0) is 42.8 Å². The highest BCUT2D eigenvalue weighted by Gasteiger charge is 2.20. The molecule has 1 atom stereocenters. The van der Waals surface area contributed by atoms with Crippen molar-refractivity contribution in [3.63, 3.8) is 0 Å². The van der Waals surface area contributed by atoms with Crippen molar-refractivity contribution in [2.45, 2.75) is 39.7 Å². The zero-order chi connectivity index (χ0) is 14.7. The topological polar surface area (TPSA) is 93.8 Å². The number of aryl methyl sites for hydroxylation is 2. The van der Waals surface area contributed by atoms with Crippen LogP contribution >= 0.6 is 0 Å². The van der Waals surface area contributed by atoms with Crippen LogP contribution in [0.25, 0.3) is 11.4 Å². The summed E-state index contributed by atoms with van der Waals surface area (Å²) in [5.41, 5.74) is 2.57. The third-order valence-corrected chi connectivity index (χ3v) is 3.19. The van der Waals surface area contributed by atoms with E-state index in [4.69, 9.17) is 5.11 Å². The first-order valence-electron chi connectivity index (χ1n) is 6.47. The van der Waals surface area contributed by atoms with Crippen molar-refractivity contribution in [2.24, 2.45) is 0 Å². The van der Waals surface area contributed by atoms with E-state index in [0.29, 0.717) is 12.2 Å². The first kappa shape index (κ1) is 14.1. The fourth-order valence-corrected chi connectivity index (χ4v) is 2.15. The van der Waals surface area contributed by atoms with Gasteiger partial charge in [0.1, 0.15) is 0 Å². The Morgan fingerprint density at radius 3 is 2.75 bits per heavy atom. The number of hydrogen-bond acceptors (Lipinski definition) is 5. The summed E-state index contributed by atoms with van der Waals surface area (Å²) in [7, 11) is 0. The van der Waals surface area contributed by atoms with Gasteiger partial charge in [0.15, 0.2) is 5.82 Å². The van der Waals surface area contributed by atoms with Crippen molar-refractivity contribution in [2.75, 3.05) is 0 Å². The molecular weight excluding hydrogens is 258 g/mol. The molecule has 2 rings (SSSR count). The highest BCUT2D eigenvalue weighted by Crippen LogP contribution is 2.24. The van der Waals surface area contributed by atoms with Crippen LogP contribution in [0.5, 0.6) is 0 Å². The minimum Gasteiger partial charge on any atom is -0.481 e. The van der Waals surface area contributed by atoms with Crippen LogP contribution < -0.4 is 0 Å². The molecule has 106 valence electrons. The largest absolute Gasteiger partial charge is 0.481 e. The van der Waals surface area contributed by atoms with E-state index >= 15 is 0 Å². The molecule has 1 unspecified atom stereocenters. The molecule has 0 aliphatic rings. The normalized spacial score (nSPS) is 12.3. The van der Waals surface area contributed by atoms with Gasteiger partial charge < -0.3 is 5.11 Å². The first-order valence-corrected chi connectivity index (χ1v) is 6.47. The van der Waals surface area contributed by atoms with Crippen molar-refractivity contribution in [3.8, 4) is 11.4 Å². The summed E-state index contributed by atoms with van der Waals surface area (Å²) in [6.45, 7) is 5.72. The monoisotopic (exact) mass is 275 g/mol. The molecule has 0 aromatic carbocycles. The van der Waals surface area contributed by atoms with E-state index in [1.165, 1.54) is 0 Å². The molecular formula is C13H17N5O2. The van der Waals surface area contributed by atoms with Gasteiger partial charge >= 0.3 is 5.97 Å². The fourth-order valence-electron chi connectivity index (χ4n) is 2.15. The predicted molar refractivity (Wildman–Crippen MR) is 72.1 cm³/mol. The molecule has 7 nitrogen and oxygen atoms in total. The van der Waals surface area contributed by atoms with E-state index in [-0.39, 0.29) is 12.5 Å². The third kappa shape index (κ3) is 2.81. The Labute approximate surface area is 116 Å². The summed E-state index contributed by atoms with van der Waals surface area (Å²) in [5, 5.41) is 20.6. The standard InChI is InChI=1S/C13H17N5O2/c1-4-10(7-12(19)20)18-13(15-16-17-18)11-6-5-8(2)14-9(11)3/h5-6,10H,4,7H2,1-3H3,(H,19,20). The molecule has 0 fully saturated rings. The van der Waals surface area contributed by atoms with Gasteiger partial charge in [-0.15, -0.1) is 5.10 Å². The van der Waals surface area contributed by atoms with E-state index in [0.717, 1.165) is 17.0 Å². The second-order valence-corrected chi connectivity index (χ2v) is 4.69. The summed E-state index contributed by atoms with van der Waals surface area (Å²) in [5.74, 6) is -0.305. The summed E-state index contributed by atoms with van der Waals surface area (Å²) < 4.78 is 1.58. The molecule has 0 bridgehead atoms. The quantitative estimate of drug-likeness (QED) is 0.893. The lowest BCUT2D eigenvalue weighted by atomic mass is 10.1. The number of carbonyl (C=O) groups is 1. The number of rotatable bonds is 5. The van der Waals surface area contributed by atoms with Gasteiger partial charge in [0.2, 0.25) is 0 Å². The van der Waals surface area contributed by atoms with Gasteiger partial charge in [-0.3, -0.25) is 9.78 Å². The summed E-state index contributed by atoms with van der Waals surface area (Å²) >= 11 is 0. The second kappa shape index (κ2) is 5.77. The van der Waals surface area contributed by atoms with Crippen LogP contribution in [-0.2, 0) is 4.79 Å². The van der Waals surface area contributed by atoms with Gasteiger partial charge in [0, 0.05) is 17.0 Å². The van der Waals surface area contributed by atoms with E-state index < -0.39 is 5.97 Å². The Hall–Kier alpha value is -2.31. The maximum absolute atomic E-state index is 10.9. The molecule has 0 saturated heterocycles. The number of aromatic nitrogens is 5. The number of carboxylic acids is 1. The van der Waals surface area contributed by atoms with Crippen molar-refractivity contribution in [1.29, 1.82) is 0 Å². The van der Waals surface area contributed by atoms with Gasteiger partial charge in [0.05, 0.1) is 12.5 Å². The van der Waals surface area contributed by atoms with E-state index in [1.54, 1.807) is 4.68 Å². The number of nitrogens with zero attached hydrogens (tertiary/aromatic N) is 5. The van der Waals surface area contributed by atoms with E-state index in [9.17, 15) is 4.79 Å². The molecule has 0 amide bonds. The summed E-state index contributed by atoms with van der Waals surface area (Å²) in [6, 6.07) is 3.53. The smallest absolute Gasteiger partial charge is 0.305 e. The summed E-state index contributed by atoms with van der Waals surface area (Å²) in [6.07, 6.45) is 0.634. The van der Waals surface area contributed by atoms with Crippen LogP contribution in [-0.4, -0.2) is 36.3 Å². The van der Waals surface area contributed by atoms with E-state index in [1.807, 2.05) is 32.9 Å². The molecule has 0 aliphatic heterocycles. The van der Waals surface area contributed by atoms with Gasteiger partial charge in [-0.25, -0.2) is 4.68 Å². The minimum absolute atomic E-state index is 0.00707. The molecule has 1 N–H and O–H groups in total. The second-order valence-electron chi connectivity index (χ2n) is 4.69. The number of pyridine rings is 1. The SMILES string of the molecule is CCC(CC(=O)O)n1nnnc1-c1ccc(C)nc1C. The highest BCUT2D eigenvalue weighted by molar-refractivity contribution is 5.67. The average Bonchev–Trinajstić information content (AvgIpc) is 2.84. The van der Waals surface area contributed by atoms with Crippen molar-refractivity contribution in [3.05, 3.63) is 23.5 Å². The van der Waals surface area contributed by atoms with Crippen LogP contribution in [0.4, 0.5) is 0 Å². The number of tetrazole rings is 1. The molecule has 2 aromatic rings. The average molecular weight is 275 g/mol. The Balaban J connectivity index is 2.43. The maximum atomic E-state index is 10.9. The molecule has 2 heterocycles. The zero-order valence-corrected chi connectivity index (χ0v) is 11.7. The molecule has 0 radical (unpaired) electrons. The first-order chi connectivity index (χ1) is 9.52. The number of hydrogen-bond donors (Lipinski definition) is 1. The molecule has 20 heavy (non-hydrogen) atoms. The fraction of sp³-hybridized carbons (Fsp3) is 0.462. The lowest BCUT2D eigenvalue weighted by molar-refractivity contribution is -0.138. The van der Waals surface area contributed by atoms with Crippen LogP contribution in [0.15, 0.2) is 12.1 Å². The Kier molecular flexibility index (Phi) is 4.07. The predicted octanol–water partition coefficient (Wildman–Crippen LogP) is 1.78. The van der Waals surface area contributed by atoms with Crippen LogP contribution in [0, 0.1) is 13.8 Å². The van der Waals surface area contributed by atoms with Crippen LogP contribution in [0.2, 0.25) is 0 Å². The molecule has 0 saturated carbocycles. The van der Waals surface area contributed by atoms with Crippen LogP contribution in [0.3, 0.4) is 0 Å². The molecule has 7 heteroatoms. The van der Waals surface area contributed by atoms with Crippen molar-refractivity contribution in [1.82, 2.24) is 25.2 Å². The lowest BCUT2D eigenvalue weighted by Gasteiger charge is -2.15. The zero-order valence-electron chi connectivity index (χ0n) is 11.7. The molecule has 0 spiro atoms. The number of carboxylic acid groups (broad SMARTS) is 1. The van der Waals surface area contributed by atoms with Gasteiger partial charge in [0.25, 0.3) is 0 Å². The Morgan fingerprint density at radius 1 is 1.40 bits per heavy atom. The Bertz CT molecular complexity index is 623. The highest BCUT2D eigenvalue weighted by atomic mass is 16.4. The van der Waals surface area contributed by atoms with Crippen LogP contribution in [0.1, 0.15) is 37.2 Å². The number of aliphatic carboxylic acids is 1. The maximum Gasteiger partial charge on any atom is 0.305 e. The Morgan fingerprint density at radius 2 is 2.15 bits per heavy atom. The summed E-state index contributed by atoms with van der Waals surface area (Å²) in [4.78, 5) is 15.3. The lowest BCUT2D eigenvalue weighted by Crippen LogP contribution is -2.16. The minimum atomic E-state index is -0.864. The molecule has 2 aromatic heterocycles. The van der Waals surface area contributed by atoms with E-state index in [2.05, 4.69) is 20.5 Å². The van der Waals surface area contributed by atoms with Crippen molar-refractivity contribution < 1.29 is 9.90 Å². The third-order valence-electron chi connectivity index (χ3n) is 3.19.